The topological polar surface area (TPSA) is 584 Å². The van der Waals surface area contributed by atoms with Crippen molar-refractivity contribution in [2.45, 2.75) is 306 Å². The van der Waals surface area contributed by atoms with Crippen LogP contribution in [0.1, 0.15) is 146 Å². The van der Waals surface area contributed by atoms with Crippen molar-refractivity contribution >= 4 is 43.5 Å². The van der Waals surface area contributed by atoms with Crippen molar-refractivity contribution < 1.29 is 156 Å². The second kappa shape index (κ2) is 40.0. The summed E-state index contributed by atoms with van der Waals surface area (Å²) in [4.78, 5) is 87.3. The molecular formula is C63H112N5O32P. The van der Waals surface area contributed by atoms with E-state index in [4.69, 9.17) is 78.4 Å². The number of primary amides is 3. The highest BCUT2D eigenvalue weighted by atomic mass is 31.2. The molecule has 5 amide bonds. The number of hydrogen-bond acceptors (Lipinski definition) is 30. The van der Waals surface area contributed by atoms with Crippen molar-refractivity contribution in [1.82, 2.24) is 10.6 Å². The fourth-order valence-corrected chi connectivity index (χ4v) is 13.5. The van der Waals surface area contributed by atoms with E-state index >= 15 is 0 Å². The molecule has 0 radical (unpaired) electrons. The molecule has 4 unspecified atom stereocenters. The number of aliphatic carboxylic acids is 1. The number of amides is 5. The molecule has 5 rings (SSSR count). The number of phosphoric acid groups is 1. The minimum absolute atomic E-state index is 0.0771. The van der Waals surface area contributed by atoms with Crippen LogP contribution in [-0.4, -0.2) is 283 Å². The number of hydrogen-bond donors (Lipinski definition) is 17. The Labute approximate surface area is 586 Å². The Balaban J connectivity index is 1.36. The standard InChI is InChI=1S/C63H112N5O32P/c1-27(2)14-13-16-28(3)17-18-30(5)19-22-63(9,10)21-12-11-15-29(4)20-23-88-36(56(83)84)26-90-101(86,87)100-61-53(50(99-62(66)85)47(80)52(97-61)55(65)82)98-58-38(68-33(8)71)41(74)49(35(93-58)25-89-59-45(78)42(75)39(72)34(24-69)92-59)95-57-37(67-32(7)70)40(73)48(31(6)91-57)94-60-46(79)43(76)44(77)51(96-60)54(64)81/h27-31,34-53,57-61,69,72-80H,11-26H2,1-10H3,(H2,64,81)(H2,65,82)(H2,66,85)(H,67,70)(H,68,71)(H,83,84)(H,86,87)/t28?,29?,30?,31-,34-,35-,36-,37-,38-,39-,40-,41-,42+,43+,44-,45-,46-,47-,48-,49-,50+,51+,52+,53-,57+,58+,59-,60-,61-/m1/s1. The van der Waals surface area contributed by atoms with Gasteiger partial charge in [-0.1, -0.05) is 106 Å². The van der Waals surface area contributed by atoms with Crippen LogP contribution >= 0.6 is 7.82 Å². The van der Waals surface area contributed by atoms with Gasteiger partial charge >= 0.3 is 19.9 Å². The third-order valence-electron chi connectivity index (χ3n) is 18.8. The number of phosphoric ester groups is 1. The molecule has 0 aromatic heterocycles. The normalized spacial score (nSPS) is 36.6. The SMILES string of the molecule is CC(=O)N[C@H]1[C@H](O[C@H]2[C@H](O)[C@@H](NC(C)=O)[C@H](O[C@H]3[C@@H](OP(=O)(O)OC[C@@H](OCCC(C)CCCCC(C)(C)CCC(C)CCC(C)CCCC(C)C)C(=O)O)O[C@H](C(N)=O)[C@H](O)[C@@H]3OC(N)=O)O[C@@H]2CO[C@@H]2O[C@H](CO)[C@@H](O)[C@H](O)[C@H]2O)O[C@H](C)[C@@H](O[C@@H]2O[C@H](C(N)=O)[C@H](O)[C@H](O)[C@H]2O)[C@@H]1O. The van der Waals surface area contributed by atoms with Gasteiger partial charge in [0.15, 0.2) is 62.0 Å². The molecule has 5 heterocycles. The first-order valence-corrected chi connectivity index (χ1v) is 35.8. The molecule has 38 heteroatoms. The zero-order valence-electron chi connectivity index (χ0n) is 58.8. The first-order chi connectivity index (χ1) is 47.2. The largest absolute Gasteiger partial charge is 0.479 e. The summed E-state index contributed by atoms with van der Waals surface area (Å²) >= 11 is 0. The number of nitrogens with one attached hydrogen (secondary N) is 2. The Morgan fingerprint density at radius 2 is 1.06 bits per heavy atom. The predicted molar refractivity (Wildman–Crippen MR) is 345 cm³/mol. The van der Waals surface area contributed by atoms with E-state index < -0.39 is 223 Å². The summed E-state index contributed by atoms with van der Waals surface area (Å²) in [6.07, 6.45) is -38.8. The number of unbranched alkanes of at least 4 members (excludes halogenated alkanes) is 1. The third kappa shape index (κ3) is 25.9. The molecule has 37 nitrogen and oxygen atoms in total. The van der Waals surface area contributed by atoms with Crippen molar-refractivity contribution in [3.63, 3.8) is 0 Å². The second-order valence-electron chi connectivity index (χ2n) is 28.6. The second-order valence-corrected chi connectivity index (χ2v) is 30.0. The molecule has 0 aliphatic carbocycles. The van der Waals surface area contributed by atoms with Crippen molar-refractivity contribution in [3.8, 4) is 0 Å². The maximum atomic E-state index is 14.0. The quantitative estimate of drug-likeness (QED) is 0.0220. The number of carbonyl (C=O) groups is 6. The van der Waals surface area contributed by atoms with Gasteiger partial charge in [0.2, 0.25) is 23.6 Å². The minimum Gasteiger partial charge on any atom is -0.479 e. The Morgan fingerprint density at radius 1 is 0.545 bits per heavy atom. The molecule has 0 aromatic rings. The lowest BCUT2D eigenvalue weighted by Gasteiger charge is -2.50. The van der Waals surface area contributed by atoms with Crippen molar-refractivity contribution in [2.75, 3.05) is 26.4 Å². The van der Waals surface area contributed by atoms with Gasteiger partial charge in [0, 0.05) is 20.5 Å². The van der Waals surface area contributed by atoms with Gasteiger partial charge in [0.05, 0.1) is 25.9 Å². The number of aliphatic hydroxyl groups is 10. The van der Waals surface area contributed by atoms with Crippen LogP contribution in [0.3, 0.4) is 0 Å². The van der Waals surface area contributed by atoms with E-state index in [9.17, 15) is 94.4 Å². The highest BCUT2D eigenvalue weighted by Gasteiger charge is 2.59. The van der Waals surface area contributed by atoms with Gasteiger partial charge < -0.3 is 141 Å². The van der Waals surface area contributed by atoms with E-state index in [2.05, 4.69) is 52.2 Å². The summed E-state index contributed by atoms with van der Waals surface area (Å²) in [5.41, 5.74) is 16.4. The summed E-state index contributed by atoms with van der Waals surface area (Å²) in [5.74, 6) is -4.14. The van der Waals surface area contributed by atoms with E-state index in [1.807, 2.05) is 6.92 Å². The smallest absolute Gasteiger partial charge is 0.474 e. The Bertz CT molecular complexity index is 2660. The van der Waals surface area contributed by atoms with Crippen molar-refractivity contribution in [1.29, 1.82) is 0 Å². The lowest BCUT2D eigenvalue weighted by atomic mass is 9.79. The Kier molecular flexibility index (Phi) is 34.7. The van der Waals surface area contributed by atoms with E-state index in [0.717, 1.165) is 64.2 Å². The van der Waals surface area contributed by atoms with E-state index in [-0.39, 0.29) is 17.9 Å². The van der Waals surface area contributed by atoms with Gasteiger partial charge in [-0.05, 0) is 55.3 Å². The lowest BCUT2D eigenvalue weighted by Crippen LogP contribution is -2.71. The third-order valence-corrected chi connectivity index (χ3v) is 19.8. The van der Waals surface area contributed by atoms with E-state index in [1.54, 1.807) is 0 Å². The molecule has 5 aliphatic rings. The molecule has 5 fully saturated rings. The van der Waals surface area contributed by atoms with Crippen LogP contribution in [0, 0.1) is 29.1 Å². The fraction of sp³-hybridized carbons (Fsp3) is 0.905. The highest BCUT2D eigenvalue weighted by Crippen LogP contribution is 2.48. The Hall–Kier alpha value is -4.07. The van der Waals surface area contributed by atoms with Crippen LogP contribution < -0.4 is 27.8 Å². The molecule has 5 saturated heterocycles. The number of carboxylic acids is 1. The van der Waals surface area contributed by atoms with E-state index in [1.165, 1.54) is 39.0 Å². The van der Waals surface area contributed by atoms with Crippen LogP contribution in [0.25, 0.3) is 0 Å². The monoisotopic (exact) mass is 1480 g/mol. The highest BCUT2D eigenvalue weighted by molar-refractivity contribution is 7.47. The minimum atomic E-state index is -5.77. The van der Waals surface area contributed by atoms with Gasteiger partial charge in [0.1, 0.15) is 91.4 Å². The number of ether oxygens (including phenoxy) is 11. The molecule has 586 valence electrons. The molecule has 0 aromatic carbocycles. The molecule has 101 heavy (non-hydrogen) atoms. The molecular weight excluding hydrogens is 1370 g/mol. The molecule has 0 spiro atoms. The molecule has 5 aliphatic heterocycles. The number of carboxylic acid groups (broad SMARTS) is 1. The van der Waals surface area contributed by atoms with Crippen LogP contribution in [0.4, 0.5) is 4.79 Å². The number of rotatable bonds is 40. The molecule has 0 bridgehead atoms. The zero-order chi connectivity index (χ0) is 75.7. The zero-order valence-corrected chi connectivity index (χ0v) is 59.7. The summed E-state index contributed by atoms with van der Waals surface area (Å²) in [6, 6.07) is -3.86. The number of aliphatic hydroxyl groups excluding tert-OH is 10. The van der Waals surface area contributed by atoms with Gasteiger partial charge in [-0.3, -0.25) is 28.2 Å². The summed E-state index contributed by atoms with van der Waals surface area (Å²) in [6.45, 7) is 15.6. The van der Waals surface area contributed by atoms with Gasteiger partial charge in [-0.2, -0.15) is 0 Å². The fourth-order valence-electron chi connectivity index (χ4n) is 12.7. The van der Waals surface area contributed by atoms with Gasteiger partial charge in [-0.15, -0.1) is 0 Å². The Morgan fingerprint density at radius 3 is 1.63 bits per heavy atom. The summed E-state index contributed by atoms with van der Waals surface area (Å²) in [7, 11) is -5.77. The van der Waals surface area contributed by atoms with Crippen molar-refractivity contribution in [2.24, 2.45) is 46.3 Å². The van der Waals surface area contributed by atoms with Crippen molar-refractivity contribution in [3.05, 3.63) is 0 Å². The first kappa shape index (κ1) is 87.6. The average molecular weight is 1480 g/mol. The van der Waals surface area contributed by atoms with Gasteiger partial charge in [-0.25, -0.2) is 14.2 Å². The summed E-state index contributed by atoms with van der Waals surface area (Å²) < 4.78 is 88.1. The maximum absolute atomic E-state index is 14.0. The first-order valence-electron chi connectivity index (χ1n) is 34.4. The number of carbonyl (C=O) groups excluding carboxylic acids is 5. The molecule has 0 saturated carbocycles. The van der Waals surface area contributed by atoms with Crippen LogP contribution in [-0.2, 0) is 89.7 Å². The lowest BCUT2D eigenvalue weighted by molar-refractivity contribution is -0.370. The van der Waals surface area contributed by atoms with E-state index in [0.29, 0.717) is 12.3 Å². The summed E-state index contributed by atoms with van der Waals surface area (Å²) in [5, 5.41) is 125. The van der Waals surface area contributed by atoms with Crippen LogP contribution in [0.5, 0.6) is 0 Å². The maximum Gasteiger partial charge on any atom is 0.474 e. The number of nitrogens with two attached hydrogens (primary N) is 3. The average Bonchev–Trinajstić information content (AvgIpc) is 0.768. The predicted octanol–water partition coefficient (Wildman–Crippen LogP) is -2.64. The molecule has 20 N–H and O–H groups in total. The molecule has 30 atom stereocenters. The van der Waals surface area contributed by atoms with Gasteiger partial charge in [0.25, 0.3) is 0 Å². The van der Waals surface area contributed by atoms with Crippen LogP contribution in [0.15, 0.2) is 0 Å². The van der Waals surface area contributed by atoms with Crippen LogP contribution in [0.2, 0.25) is 0 Å².